The molecule has 0 aliphatic heterocycles. The van der Waals surface area contributed by atoms with E-state index in [0.29, 0.717) is 16.1 Å². The second-order valence-corrected chi connectivity index (χ2v) is 3.51. The smallest absolute Gasteiger partial charge is 0.258 e. The van der Waals surface area contributed by atoms with E-state index in [9.17, 15) is 10.1 Å². The maximum Gasteiger partial charge on any atom is 0.291 e. The van der Waals surface area contributed by atoms with Gasteiger partial charge in [-0.2, -0.15) is 0 Å². The molecule has 0 heterocycles. The van der Waals surface area contributed by atoms with E-state index in [2.05, 4.69) is 0 Å². The van der Waals surface area contributed by atoms with Gasteiger partial charge in [0.15, 0.2) is 0 Å². The molecule has 13 heavy (non-hydrogen) atoms. The van der Waals surface area contributed by atoms with Crippen LogP contribution in [-0.4, -0.2) is 4.92 Å². The van der Waals surface area contributed by atoms with Gasteiger partial charge in [0.25, 0.3) is 5.69 Å². The molecule has 5 heteroatoms. The summed E-state index contributed by atoms with van der Waals surface area (Å²) in [4.78, 5) is 10.1. The highest BCUT2D eigenvalue weighted by atomic mass is 35.5. The van der Waals surface area contributed by atoms with Crippen molar-refractivity contribution in [1.82, 2.24) is 0 Å². The van der Waals surface area contributed by atoms with Crippen molar-refractivity contribution in [3.8, 4) is 0 Å². The highest BCUT2D eigenvalue weighted by Crippen LogP contribution is 2.34. The fourth-order valence-corrected chi connectivity index (χ4v) is 1.67. The summed E-state index contributed by atoms with van der Waals surface area (Å²) in [6.45, 7) is 3.35. The Hall–Kier alpha value is -0.800. The van der Waals surface area contributed by atoms with Crippen LogP contribution in [0.25, 0.3) is 0 Å². The van der Waals surface area contributed by atoms with Crippen molar-refractivity contribution in [2.24, 2.45) is 0 Å². The lowest BCUT2D eigenvalue weighted by Gasteiger charge is -2.04. The number of halogens is 2. The lowest BCUT2D eigenvalue weighted by atomic mass is 10.1. The van der Waals surface area contributed by atoms with Gasteiger partial charge < -0.3 is 0 Å². The highest BCUT2D eigenvalue weighted by molar-refractivity contribution is 6.36. The zero-order valence-corrected chi connectivity index (χ0v) is 8.61. The topological polar surface area (TPSA) is 43.1 Å². The van der Waals surface area contributed by atoms with E-state index >= 15 is 0 Å². The van der Waals surface area contributed by atoms with Crippen LogP contribution in [0.1, 0.15) is 11.1 Å². The second kappa shape index (κ2) is 3.52. The van der Waals surface area contributed by atoms with Crippen LogP contribution in [0, 0.1) is 24.0 Å². The third kappa shape index (κ3) is 1.76. The molecule has 1 rings (SSSR count). The molecule has 0 N–H and O–H groups in total. The van der Waals surface area contributed by atoms with Crippen LogP contribution in [0.2, 0.25) is 10.0 Å². The Morgan fingerprint density at radius 3 is 2.23 bits per heavy atom. The average molecular weight is 220 g/mol. The number of hydrogen-bond acceptors (Lipinski definition) is 2. The monoisotopic (exact) mass is 219 g/mol. The van der Waals surface area contributed by atoms with Gasteiger partial charge in [-0.3, -0.25) is 10.1 Å². The molecule has 0 saturated carbocycles. The quantitative estimate of drug-likeness (QED) is 0.536. The molecule has 0 unspecified atom stereocenters. The van der Waals surface area contributed by atoms with Gasteiger partial charge in [-0.15, -0.1) is 0 Å². The molecule has 0 saturated heterocycles. The zero-order valence-electron chi connectivity index (χ0n) is 7.10. The Kier molecular flexibility index (Phi) is 2.78. The van der Waals surface area contributed by atoms with Crippen molar-refractivity contribution in [2.75, 3.05) is 0 Å². The summed E-state index contributed by atoms with van der Waals surface area (Å²) in [5.74, 6) is 0. The van der Waals surface area contributed by atoms with E-state index in [1.54, 1.807) is 13.8 Å². The number of nitro groups is 1. The second-order valence-electron chi connectivity index (χ2n) is 2.70. The number of hydrogen-bond donors (Lipinski definition) is 0. The molecule has 0 aromatic heterocycles. The molecule has 0 spiro atoms. The fourth-order valence-electron chi connectivity index (χ4n) is 1.05. The Morgan fingerprint density at radius 2 is 1.77 bits per heavy atom. The van der Waals surface area contributed by atoms with Crippen LogP contribution in [-0.2, 0) is 0 Å². The van der Waals surface area contributed by atoms with Crippen LogP contribution in [0.5, 0.6) is 0 Å². The predicted molar refractivity (Wildman–Crippen MR) is 52.6 cm³/mol. The van der Waals surface area contributed by atoms with Gasteiger partial charge in [0.2, 0.25) is 0 Å². The molecule has 3 nitrogen and oxygen atoms in total. The first-order chi connectivity index (χ1) is 5.95. The first-order valence-electron chi connectivity index (χ1n) is 3.54. The summed E-state index contributed by atoms with van der Waals surface area (Å²) in [5.41, 5.74) is 1.14. The van der Waals surface area contributed by atoms with Gasteiger partial charge in [-0.1, -0.05) is 23.2 Å². The zero-order chi connectivity index (χ0) is 10.2. The molecule has 0 bridgehead atoms. The summed E-state index contributed by atoms with van der Waals surface area (Å²) in [6, 6.07) is 1.39. The van der Waals surface area contributed by atoms with Crippen molar-refractivity contribution in [1.29, 1.82) is 0 Å². The first-order valence-corrected chi connectivity index (χ1v) is 4.30. The summed E-state index contributed by atoms with van der Waals surface area (Å²) >= 11 is 11.5. The van der Waals surface area contributed by atoms with Crippen LogP contribution in [0.3, 0.4) is 0 Å². The fraction of sp³-hybridized carbons (Fsp3) is 0.250. The van der Waals surface area contributed by atoms with E-state index in [0.717, 1.165) is 0 Å². The van der Waals surface area contributed by atoms with Gasteiger partial charge in [-0.25, -0.2) is 0 Å². The standard InChI is InChI=1S/C8H7Cl2NO2/c1-4-5(2)8(11(12)13)7(10)3-6(4)9/h3H,1-2H3. The maximum atomic E-state index is 10.6. The number of nitro benzene ring substituents is 1. The molecule has 0 fully saturated rings. The Balaban J connectivity index is 3.53. The minimum Gasteiger partial charge on any atom is -0.258 e. The van der Waals surface area contributed by atoms with Crippen LogP contribution in [0.15, 0.2) is 6.07 Å². The van der Waals surface area contributed by atoms with Crippen molar-refractivity contribution in [3.63, 3.8) is 0 Å². The Labute approximate surface area is 85.4 Å². The van der Waals surface area contributed by atoms with E-state index in [1.165, 1.54) is 6.07 Å². The van der Waals surface area contributed by atoms with E-state index in [1.807, 2.05) is 0 Å². The summed E-state index contributed by atoms with van der Waals surface area (Å²) in [7, 11) is 0. The van der Waals surface area contributed by atoms with Crippen LogP contribution >= 0.6 is 23.2 Å². The van der Waals surface area contributed by atoms with Crippen LogP contribution < -0.4 is 0 Å². The number of benzene rings is 1. The number of rotatable bonds is 1. The van der Waals surface area contributed by atoms with E-state index in [4.69, 9.17) is 23.2 Å². The number of nitrogens with zero attached hydrogens (tertiary/aromatic N) is 1. The molecule has 1 aromatic rings. The van der Waals surface area contributed by atoms with Crippen molar-refractivity contribution < 1.29 is 4.92 Å². The molecule has 0 atom stereocenters. The van der Waals surface area contributed by atoms with E-state index in [-0.39, 0.29) is 10.7 Å². The summed E-state index contributed by atoms with van der Waals surface area (Å²) in [5, 5.41) is 11.1. The first kappa shape index (κ1) is 10.3. The van der Waals surface area contributed by atoms with Crippen molar-refractivity contribution in [2.45, 2.75) is 13.8 Å². The molecule has 0 radical (unpaired) electrons. The molecular weight excluding hydrogens is 213 g/mol. The molecule has 1 aromatic carbocycles. The third-order valence-electron chi connectivity index (χ3n) is 1.94. The summed E-state index contributed by atoms with van der Waals surface area (Å²) in [6.07, 6.45) is 0. The molecule has 0 aliphatic rings. The third-order valence-corrected chi connectivity index (χ3v) is 2.62. The van der Waals surface area contributed by atoms with Gasteiger partial charge >= 0.3 is 0 Å². The minimum absolute atomic E-state index is 0.0661. The lowest BCUT2D eigenvalue weighted by Crippen LogP contribution is -1.95. The Bertz CT molecular complexity index is 377. The lowest BCUT2D eigenvalue weighted by molar-refractivity contribution is -0.385. The largest absolute Gasteiger partial charge is 0.291 e. The summed E-state index contributed by atoms with van der Waals surface area (Å²) < 4.78 is 0. The van der Waals surface area contributed by atoms with Gasteiger partial charge in [0.05, 0.1) is 4.92 Å². The van der Waals surface area contributed by atoms with Gasteiger partial charge in [0, 0.05) is 10.6 Å². The maximum absolute atomic E-state index is 10.6. The molecular formula is C8H7Cl2NO2. The van der Waals surface area contributed by atoms with Gasteiger partial charge in [0.1, 0.15) is 5.02 Å². The highest BCUT2D eigenvalue weighted by Gasteiger charge is 2.19. The normalized spacial score (nSPS) is 10.2. The van der Waals surface area contributed by atoms with Gasteiger partial charge in [-0.05, 0) is 25.5 Å². The molecule has 0 aliphatic carbocycles. The minimum atomic E-state index is -0.499. The molecule has 0 amide bonds. The average Bonchev–Trinajstić information content (AvgIpc) is 1.99. The van der Waals surface area contributed by atoms with Crippen LogP contribution in [0.4, 0.5) is 5.69 Å². The van der Waals surface area contributed by atoms with Crippen molar-refractivity contribution >= 4 is 28.9 Å². The molecule has 70 valence electrons. The van der Waals surface area contributed by atoms with E-state index < -0.39 is 4.92 Å². The predicted octanol–water partition coefficient (Wildman–Crippen LogP) is 3.52. The Morgan fingerprint density at radius 1 is 1.23 bits per heavy atom. The van der Waals surface area contributed by atoms with Crippen molar-refractivity contribution in [3.05, 3.63) is 37.4 Å². The SMILES string of the molecule is Cc1c(Cl)cc(Cl)c([N+](=O)[O-])c1C.